The smallest absolute Gasteiger partial charge is 0.151 e. The first kappa shape index (κ1) is 11.6. The Morgan fingerprint density at radius 2 is 2.11 bits per heavy atom. The fourth-order valence-corrected chi connectivity index (χ4v) is 2.58. The summed E-state index contributed by atoms with van der Waals surface area (Å²) in [6.45, 7) is 1.76. The second-order valence-electron chi connectivity index (χ2n) is 4.67. The molecular weight excluding hydrogens is 233 g/mol. The van der Waals surface area contributed by atoms with Crippen molar-refractivity contribution in [1.82, 2.24) is 15.3 Å². The van der Waals surface area contributed by atoms with Crippen molar-refractivity contribution in [1.29, 1.82) is 0 Å². The molecule has 0 amide bonds. The predicted octanol–water partition coefficient (Wildman–Crippen LogP) is 1.93. The van der Waals surface area contributed by atoms with Crippen LogP contribution in [0.2, 0.25) is 0 Å². The van der Waals surface area contributed by atoms with Gasteiger partial charge in [-0.25, -0.2) is 9.37 Å². The number of hydrogen-bond acceptors (Lipinski definition) is 3. The third-order valence-corrected chi connectivity index (χ3v) is 3.70. The van der Waals surface area contributed by atoms with E-state index in [4.69, 9.17) is 4.74 Å². The number of aromatic amines is 1. The lowest BCUT2D eigenvalue weighted by molar-refractivity contribution is -0.0453. The molecule has 96 valence electrons. The van der Waals surface area contributed by atoms with Gasteiger partial charge in [0, 0.05) is 7.11 Å². The molecule has 0 aliphatic carbocycles. The van der Waals surface area contributed by atoms with Gasteiger partial charge in [0.05, 0.1) is 5.52 Å². The number of imidazole rings is 1. The van der Waals surface area contributed by atoms with Crippen LogP contribution in [-0.2, 0) is 10.3 Å². The molecule has 0 unspecified atom stereocenters. The van der Waals surface area contributed by atoms with E-state index < -0.39 is 5.60 Å². The molecule has 0 atom stereocenters. The normalized spacial score (nSPS) is 19.2. The van der Waals surface area contributed by atoms with Crippen molar-refractivity contribution in [3.63, 3.8) is 0 Å². The molecule has 0 saturated carbocycles. The van der Waals surface area contributed by atoms with E-state index in [0.717, 1.165) is 37.3 Å². The number of methoxy groups -OCH3 is 1. The van der Waals surface area contributed by atoms with Crippen LogP contribution in [0.1, 0.15) is 18.7 Å². The number of para-hydroxylation sites is 1. The van der Waals surface area contributed by atoms with Crippen LogP contribution in [-0.4, -0.2) is 30.2 Å². The number of hydrogen-bond donors (Lipinski definition) is 2. The molecular formula is C13H16FN3O. The number of benzene rings is 1. The number of piperidine rings is 1. The zero-order valence-electron chi connectivity index (χ0n) is 10.3. The SMILES string of the molecule is COC1(c2nc3c(F)cccc3[nH]2)CCNCC1. The maximum Gasteiger partial charge on any atom is 0.151 e. The molecule has 1 aliphatic rings. The predicted molar refractivity (Wildman–Crippen MR) is 66.8 cm³/mol. The summed E-state index contributed by atoms with van der Waals surface area (Å²) in [5.41, 5.74) is 0.693. The van der Waals surface area contributed by atoms with Gasteiger partial charge in [-0.05, 0) is 38.1 Å². The van der Waals surface area contributed by atoms with Crippen LogP contribution in [0.5, 0.6) is 0 Å². The van der Waals surface area contributed by atoms with Crippen molar-refractivity contribution in [2.24, 2.45) is 0 Å². The Bertz CT molecular complexity index is 560. The summed E-state index contributed by atoms with van der Waals surface area (Å²) in [7, 11) is 1.69. The maximum absolute atomic E-state index is 13.7. The monoisotopic (exact) mass is 249 g/mol. The first-order chi connectivity index (χ1) is 8.75. The second-order valence-corrected chi connectivity index (χ2v) is 4.67. The number of nitrogens with zero attached hydrogens (tertiary/aromatic N) is 1. The molecule has 5 heteroatoms. The molecule has 1 aliphatic heterocycles. The topological polar surface area (TPSA) is 49.9 Å². The van der Waals surface area contributed by atoms with E-state index in [9.17, 15) is 4.39 Å². The highest BCUT2D eigenvalue weighted by Crippen LogP contribution is 2.33. The van der Waals surface area contributed by atoms with E-state index >= 15 is 0 Å². The van der Waals surface area contributed by atoms with Gasteiger partial charge in [0.1, 0.15) is 16.9 Å². The molecule has 0 radical (unpaired) electrons. The van der Waals surface area contributed by atoms with Gasteiger partial charge in [-0.3, -0.25) is 0 Å². The van der Waals surface area contributed by atoms with E-state index in [1.165, 1.54) is 6.07 Å². The first-order valence-corrected chi connectivity index (χ1v) is 6.16. The number of rotatable bonds is 2. The minimum atomic E-state index is -0.420. The highest BCUT2D eigenvalue weighted by molar-refractivity contribution is 5.75. The molecule has 1 fully saturated rings. The number of H-pyrrole nitrogens is 1. The number of halogens is 1. The lowest BCUT2D eigenvalue weighted by Gasteiger charge is -2.34. The Kier molecular flexibility index (Phi) is 2.80. The third-order valence-electron chi connectivity index (χ3n) is 3.70. The molecule has 3 rings (SSSR count). The van der Waals surface area contributed by atoms with Crippen LogP contribution in [0.15, 0.2) is 18.2 Å². The molecule has 1 aromatic carbocycles. The lowest BCUT2D eigenvalue weighted by Crippen LogP contribution is -2.42. The summed E-state index contributed by atoms with van der Waals surface area (Å²) in [6.07, 6.45) is 1.68. The van der Waals surface area contributed by atoms with E-state index in [-0.39, 0.29) is 5.82 Å². The summed E-state index contributed by atoms with van der Waals surface area (Å²) >= 11 is 0. The quantitative estimate of drug-likeness (QED) is 0.855. The highest BCUT2D eigenvalue weighted by atomic mass is 19.1. The number of nitrogens with one attached hydrogen (secondary N) is 2. The van der Waals surface area contributed by atoms with Crippen molar-refractivity contribution >= 4 is 11.0 Å². The first-order valence-electron chi connectivity index (χ1n) is 6.16. The average Bonchev–Trinajstić information content (AvgIpc) is 2.85. The van der Waals surface area contributed by atoms with E-state index in [1.54, 1.807) is 13.2 Å². The largest absolute Gasteiger partial charge is 0.370 e. The second kappa shape index (κ2) is 4.33. The lowest BCUT2D eigenvalue weighted by atomic mass is 9.91. The van der Waals surface area contributed by atoms with E-state index in [2.05, 4.69) is 15.3 Å². The van der Waals surface area contributed by atoms with Crippen molar-refractivity contribution in [3.8, 4) is 0 Å². The average molecular weight is 249 g/mol. The zero-order valence-corrected chi connectivity index (χ0v) is 10.3. The number of aromatic nitrogens is 2. The Morgan fingerprint density at radius 1 is 1.33 bits per heavy atom. The number of fused-ring (bicyclic) bond motifs is 1. The van der Waals surface area contributed by atoms with Crippen molar-refractivity contribution in [2.75, 3.05) is 20.2 Å². The minimum Gasteiger partial charge on any atom is -0.370 e. The van der Waals surface area contributed by atoms with Gasteiger partial charge < -0.3 is 15.0 Å². The van der Waals surface area contributed by atoms with Gasteiger partial charge in [0.25, 0.3) is 0 Å². The minimum absolute atomic E-state index is 0.296. The molecule has 2 aromatic rings. The van der Waals surface area contributed by atoms with Crippen LogP contribution >= 0.6 is 0 Å². The maximum atomic E-state index is 13.7. The highest BCUT2D eigenvalue weighted by Gasteiger charge is 2.37. The van der Waals surface area contributed by atoms with Crippen LogP contribution < -0.4 is 5.32 Å². The fraction of sp³-hybridized carbons (Fsp3) is 0.462. The van der Waals surface area contributed by atoms with Crippen molar-refractivity contribution in [3.05, 3.63) is 29.8 Å². The molecule has 2 heterocycles. The summed E-state index contributed by atoms with van der Waals surface area (Å²) in [6, 6.07) is 4.94. The molecule has 0 spiro atoms. The van der Waals surface area contributed by atoms with Gasteiger partial charge in [0.15, 0.2) is 5.82 Å². The number of ether oxygens (including phenoxy) is 1. The van der Waals surface area contributed by atoms with Crippen molar-refractivity contribution < 1.29 is 9.13 Å². The summed E-state index contributed by atoms with van der Waals surface area (Å²) in [4.78, 5) is 7.59. The van der Waals surface area contributed by atoms with Crippen LogP contribution in [0.25, 0.3) is 11.0 Å². The molecule has 4 nitrogen and oxygen atoms in total. The molecule has 18 heavy (non-hydrogen) atoms. The fourth-order valence-electron chi connectivity index (χ4n) is 2.58. The van der Waals surface area contributed by atoms with E-state index in [1.807, 2.05) is 6.07 Å². The molecule has 1 aromatic heterocycles. The molecule has 1 saturated heterocycles. The van der Waals surface area contributed by atoms with Gasteiger partial charge >= 0.3 is 0 Å². The van der Waals surface area contributed by atoms with Gasteiger partial charge in [-0.15, -0.1) is 0 Å². The van der Waals surface area contributed by atoms with Gasteiger partial charge in [-0.1, -0.05) is 6.07 Å². The van der Waals surface area contributed by atoms with Crippen molar-refractivity contribution in [2.45, 2.75) is 18.4 Å². The summed E-state index contributed by atoms with van der Waals surface area (Å²) in [5.74, 6) is 0.432. The Hall–Kier alpha value is -1.46. The molecule has 2 N–H and O–H groups in total. The van der Waals surface area contributed by atoms with Crippen LogP contribution in [0.4, 0.5) is 4.39 Å². The standard InChI is InChI=1S/C13H16FN3O/c1-18-13(5-7-15-8-6-13)12-16-10-4-2-3-9(14)11(10)17-12/h2-4,15H,5-8H2,1H3,(H,16,17). The Morgan fingerprint density at radius 3 is 2.78 bits per heavy atom. The Labute approximate surface area is 105 Å². The summed E-state index contributed by atoms with van der Waals surface area (Å²) < 4.78 is 19.3. The summed E-state index contributed by atoms with van der Waals surface area (Å²) in [5, 5.41) is 3.29. The third kappa shape index (κ3) is 1.71. The zero-order chi connectivity index (χ0) is 12.6. The Balaban J connectivity index is 2.09. The van der Waals surface area contributed by atoms with Gasteiger partial charge in [-0.2, -0.15) is 0 Å². The van der Waals surface area contributed by atoms with Crippen LogP contribution in [0.3, 0.4) is 0 Å². The molecule has 0 bridgehead atoms. The van der Waals surface area contributed by atoms with E-state index in [0.29, 0.717) is 5.52 Å². The van der Waals surface area contributed by atoms with Crippen LogP contribution in [0, 0.1) is 5.82 Å². The van der Waals surface area contributed by atoms with Gasteiger partial charge in [0.2, 0.25) is 0 Å².